The number of benzene rings is 1. The molecule has 19 heavy (non-hydrogen) atoms. The van der Waals surface area contributed by atoms with E-state index in [2.05, 4.69) is 29.8 Å². The summed E-state index contributed by atoms with van der Waals surface area (Å²) in [6.45, 7) is 6.08. The molecular formula is C15H19BrFNO. The van der Waals surface area contributed by atoms with Crippen molar-refractivity contribution in [2.24, 2.45) is 11.8 Å². The maximum absolute atomic E-state index is 13.2. The van der Waals surface area contributed by atoms with Gasteiger partial charge in [-0.25, -0.2) is 4.39 Å². The monoisotopic (exact) mass is 327 g/mol. The Morgan fingerprint density at radius 1 is 1.37 bits per heavy atom. The Morgan fingerprint density at radius 3 is 2.53 bits per heavy atom. The van der Waals surface area contributed by atoms with Crippen LogP contribution < -0.4 is 0 Å². The van der Waals surface area contributed by atoms with Crippen LogP contribution in [0.1, 0.15) is 37.0 Å². The van der Waals surface area contributed by atoms with E-state index >= 15 is 0 Å². The Hall–Kier alpha value is -0.900. The molecule has 0 unspecified atom stereocenters. The third-order valence-corrected chi connectivity index (χ3v) is 4.54. The minimum Gasteiger partial charge on any atom is -0.339 e. The first kappa shape index (κ1) is 14.5. The van der Waals surface area contributed by atoms with Crippen molar-refractivity contribution in [3.63, 3.8) is 0 Å². The van der Waals surface area contributed by atoms with Crippen LogP contribution in [0.5, 0.6) is 0 Å². The first-order valence-corrected chi connectivity index (χ1v) is 7.52. The van der Waals surface area contributed by atoms with Gasteiger partial charge in [-0.05, 0) is 58.8 Å². The lowest BCUT2D eigenvalue weighted by molar-refractivity contribution is 0.0667. The number of hydrogen-bond acceptors (Lipinski definition) is 1. The maximum Gasteiger partial charge on any atom is 0.253 e. The average molecular weight is 328 g/mol. The molecule has 0 N–H and O–H groups in total. The Labute approximate surface area is 122 Å². The number of likely N-dealkylation sites (tertiary alicyclic amines) is 1. The van der Waals surface area contributed by atoms with Crippen molar-refractivity contribution in [2.75, 3.05) is 13.1 Å². The molecule has 1 heterocycles. The molecule has 0 bridgehead atoms. The highest BCUT2D eigenvalue weighted by Crippen LogP contribution is 2.26. The molecule has 1 saturated heterocycles. The zero-order valence-corrected chi connectivity index (χ0v) is 12.9. The van der Waals surface area contributed by atoms with Gasteiger partial charge in [0.2, 0.25) is 0 Å². The largest absolute Gasteiger partial charge is 0.339 e. The zero-order chi connectivity index (χ0) is 14.0. The molecule has 0 saturated carbocycles. The minimum absolute atomic E-state index is 0.00269. The summed E-state index contributed by atoms with van der Waals surface area (Å²) < 4.78 is 13.5. The number of piperidine rings is 1. The summed E-state index contributed by atoms with van der Waals surface area (Å²) in [6, 6.07) is 4.45. The molecular weight excluding hydrogens is 309 g/mol. The van der Waals surface area contributed by atoms with Crippen molar-refractivity contribution < 1.29 is 9.18 Å². The number of carbonyl (C=O) groups is 1. The number of rotatable bonds is 2. The number of nitrogens with zero attached hydrogens (tertiary/aromatic N) is 1. The predicted molar refractivity (Wildman–Crippen MR) is 77.6 cm³/mol. The average Bonchev–Trinajstić information content (AvgIpc) is 2.41. The smallest absolute Gasteiger partial charge is 0.253 e. The topological polar surface area (TPSA) is 20.3 Å². The molecule has 2 nitrogen and oxygen atoms in total. The van der Waals surface area contributed by atoms with Crippen LogP contribution in [-0.2, 0) is 0 Å². The normalized spacial score (nSPS) is 17.0. The van der Waals surface area contributed by atoms with E-state index < -0.39 is 0 Å². The third-order valence-electron chi connectivity index (χ3n) is 3.94. The SMILES string of the molecule is CC(C)C1CCN(C(=O)c2ccc(F)c(Br)c2)CC1. The summed E-state index contributed by atoms with van der Waals surface area (Å²) in [5.41, 5.74) is 0.552. The van der Waals surface area contributed by atoms with Crippen LogP contribution in [0.4, 0.5) is 4.39 Å². The quantitative estimate of drug-likeness (QED) is 0.800. The second-order valence-corrected chi connectivity index (χ2v) is 6.36. The fraction of sp³-hybridized carbons (Fsp3) is 0.533. The van der Waals surface area contributed by atoms with E-state index in [1.54, 1.807) is 12.1 Å². The van der Waals surface area contributed by atoms with Crippen molar-refractivity contribution in [2.45, 2.75) is 26.7 Å². The number of halogens is 2. The molecule has 1 fully saturated rings. The van der Waals surface area contributed by atoms with E-state index in [-0.39, 0.29) is 11.7 Å². The van der Waals surface area contributed by atoms with E-state index in [9.17, 15) is 9.18 Å². The van der Waals surface area contributed by atoms with Gasteiger partial charge in [0.15, 0.2) is 0 Å². The molecule has 0 radical (unpaired) electrons. The number of hydrogen-bond donors (Lipinski definition) is 0. The van der Waals surface area contributed by atoms with Crippen LogP contribution in [-0.4, -0.2) is 23.9 Å². The zero-order valence-electron chi connectivity index (χ0n) is 11.3. The summed E-state index contributed by atoms with van der Waals surface area (Å²) in [5.74, 6) is 1.05. The van der Waals surface area contributed by atoms with Gasteiger partial charge in [-0.2, -0.15) is 0 Å². The third kappa shape index (κ3) is 3.35. The van der Waals surface area contributed by atoms with Crippen LogP contribution in [0.3, 0.4) is 0 Å². The molecule has 0 aromatic heterocycles. The van der Waals surface area contributed by atoms with Crippen molar-refractivity contribution >= 4 is 21.8 Å². The van der Waals surface area contributed by atoms with Crippen LogP contribution >= 0.6 is 15.9 Å². The molecule has 1 aliphatic heterocycles. The van der Waals surface area contributed by atoms with Crippen molar-refractivity contribution in [3.05, 3.63) is 34.1 Å². The molecule has 104 valence electrons. The Morgan fingerprint density at radius 2 is 2.00 bits per heavy atom. The maximum atomic E-state index is 13.2. The Balaban J connectivity index is 2.03. The van der Waals surface area contributed by atoms with Crippen LogP contribution in [0, 0.1) is 17.7 Å². The highest BCUT2D eigenvalue weighted by molar-refractivity contribution is 9.10. The lowest BCUT2D eigenvalue weighted by Gasteiger charge is -2.34. The molecule has 1 aromatic carbocycles. The fourth-order valence-electron chi connectivity index (χ4n) is 2.58. The van der Waals surface area contributed by atoms with E-state index in [1.807, 2.05) is 4.90 Å². The van der Waals surface area contributed by atoms with E-state index in [4.69, 9.17) is 0 Å². The number of carbonyl (C=O) groups excluding carboxylic acids is 1. The van der Waals surface area contributed by atoms with Crippen LogP contribution in [0.2, 0.25) is 0 Å². The van der Waals surface area contributed by atoms with Gasteiger partial charge in [-0.1, -0.05) is 13.8 Å². The summed E-state index contributed by atoms with van der Waals surface area (Å²) in [7, 11) is 0. The summed E-state index contributed by atoms with van der Waals surface area (Å²) in [6.07, 6.45) is 2.12. The second kappa shape index (κ2) is 6.04. The molecule has 1 aromatic rings. The van der Waals surface area contributed by atoms with E-state index in [1.165, 1.54) is 6.07 Å². The van der Waals surface area contributed by atoms with Gasteiger partial charge < -0.3 is 4.90 Å². The molecule has 1 amide bonds. The van der Waals surface area contributed by atoms with E-state index in [0.717, 1.165) is 25.9 Å². The molecule has 0 spiro atoms. The summed E-state index contributed by atoms with van der Waals surface area (Å²) in [5, 5.41) is 0. The van der Waals surface area contributed by atoms with Gasteiger partial charge in [0.1, 0.15) is 5.82 Å². The molecule has 0 atom stereocenters. The van der Waals surface area contributed by atoms with Gasteiger partial charge >= 0.3 is 0 Å². The Kier molecular flexibility index (Phi) is 4.61. The van der Waals surface area contributed by atoms with E-state index in [0.29, 0.717) is 21.9 Å². The predicted octanol–water partition coefficient (Wildman–Crippen LogP) is 4.10. The fourth-order valence-corrected chi connectivity index (χ4v) is 2.96. The molecule has 1 aliphatic rings. The molecule has 0 aliphatic carbocycles. The van der Waals surface area contributed by atoms with Crippen molar-refractivity contribution in [1.29, 1.82) is 0 Å². The van der Waals surface area contributed by atoms with Gasteiger partial charge in [0.25, 0.3) is 5.91 Å². The van der Waals surface area contributed by atoms with Crippen molar-refractivity contribution in [1.82, 2.24) is 4.90 Å². The summed E-state index contributed by atoms with van der Waals surface area (Å²) >= 11 is 3.12. The van der Waals surface area contributed by atoms with Crippen LogP contribution in [0.25, 0.3) is 0 Å². The highest BCUT2D eigenvalue weighted by atomic mass is 79.9. The molecule has 4 heteroatoms. The first-order valence-electron chi connectivity index (χ1n) is 6.73. The standard InChI is InChI=1S/C15H19BrFNO/c1-10(2)11-5-7-18(8-6-11)15(19)12-3-4-14(17)13(16)9-12/h3-4,9-11H,5-8H2,1-2H3. The van der Waals surface area contributed by atoms with Crippen LogP contribution in [0.15, 0.2) is 22.7 Å². The lowest BCUT2D eigenvalue weighted by Crippen LogP contribution is -2.39. The number of amides is 1. The molecule has 2 rings (SSSR count). The van der Waals surface area contributed by atoms with Gasteiger partial charge in [-0.3, -0.25) is 4.79 Å². The Bertz CT molecular complexity index is 467. The van der Waals surface area contributed by atoms with Gasteiger partial charge in [-0.15, -0.1) is 0 Å². The first-order chi connectivity index (χ1) is 8.99. The highest BCUT2D eigenvalue weighted by Gasteiger charge is 2.25. The van der Waals surface area contributed by atoms with Crippen molar-refractivity contribution in [3.8, 4) is 0 Å². The minimum atomic E-state index is -0.338. The van der Waals surface area contributed by atoms with Gasteiger partial charge in [0.05, 0.1) is 4.47 Å². The van der Waals surface area contributed by atoms with Gasteiger partial charge in [0, 0.05) is 18.7 Å². The lowest BCUT2D eigenvalue weighted by atomic mass is 9.86. The summed E-state index contributed by atoms with van der Waals surface area (Å²) in [4.78, 5) is 14.2. The second-order valence-electron chi connectivity index (χ2n) is 5.50.